The van der Waals surface area contributed by atoms with Crippen LogP contribution in [0.15, 0.2) is 11.6 Å². The van der Waals surface area contributed by atoms with Gasteiger partial charge < -0.3 is 5.32 Å². The summed E-state index contributed by atoms with van der Waals surface area (Å²) in [7, 11) is 0. The Kier molecular flexibility index (Phi) is 4.21. The van der Waals surface area contributed by atoms with Gasteiger partial charge in [-0.25, -0.2) is 0 Å². The molecule has 116 valence electrons. The Morgan fingerprint density at radius 1 is 1.14 bits per heavy atom. The van der Waals surface area contributed by atoms with Crippen LogP contribution >= 0.6 is 0 Å². The lowest BCUT2D eigenvalue weighted by Crippen LogP contribution is -2.50. The van der Waals surface area contributed by atoms with Crippen molar-refractivity contribution in [2.45, 2.75) is 40.7 Å². The van der Waals surface area contributed by atoms with Crippen LogP contribution in [0.3, 0.4) is 0 Å². The van der Waals surface area contributed by atoms with E-state index < -0.39 is 5.92 Å². The van der Waals surface area contributed by atoms with Crippen LogP contribution in [0.25, 0.3) is 0 Å². The lowest BCUT2D eigenvalue weighted by atomic mass is 9.66. The van der Waals surface area contributed by atoms with Crippen LogP contribution in [0.1, 0.15) is 34.6 Å². The van der Waals surface area contributed by atoms with Gasteiger partial charge in [0.05, 0.1) is 17.9 Å². The molecule has 4 unspecified atom stereocenters. The van der Waals surface area contributed by atoms with Crippen molar-refractivity contribution in [3.63, 3.8) is 0 Å². The van der Waals surface area contributed by atoms with E-state index in [1.54, 1.807) is 0 Å². The number of fused-ring (bicyclic) bond motifs is 1. The zero-order chi connectivity index (χ0) is 15.9. The first-order valence-corrected chi connectivity index (χ1v) is 7.57. The highest BCUT2D eigenvalue weighted by Gasteiger charge is 2.53. The summed E-state index contributed by atoms with van der Waals surface area (Å²) in [5.41, 5.74) is 1.05. The summed E-state index contributed by atoms with van der Waals surface area (Å²) in [5, 5.41) is 5.32. The highest BCUT2D eigenvalue weighted by atomic mass is 16.2. The van der Waals surface area contributed by atoms with Crippen molar-refractivity contribution >= 4 is 17.7 Å². The highest BCUT2D eigenvalue weighted by Crippen LogP contribution is 2.42. The summed E-state index contributed by atoms with van der Waals surface area (Å²) >= 11 is 0. The van der Waals surface area contributed by atoms with Crippen molar-refractivity contribution in [1.82, 2.24) is 10.6 Å². The quantitative estimate of drug-likeness (QED) is 0.607. The molecular formula is C16H24N2O3. The standard InChI is InChI=1S/C16H24N2O3/c1-7(2)10-6-11(8(3)4)14(17-9(5)19)13-12(10)15(20)18-16(13)21/h6-8,10,12-14H,1-5H3,(H,17,19)(H,18,20,21). The molecule has 1 aliphatic carbocycles. The zero-order valence-corrected chi connectivity index (χ0v) is 13.3. The average molecular weight is 292 g/mol. The number of nitrogens with one attached hydrogen (secondary N) is 2. The molecule has 0 radical (unpaired) electrons. The number of hydrogen-bond acceptors (Lipinski definition) is 3. The van der Waals surface area contributed by atoms with Gasteiger partial charge >= 0.3 is 0 Å². The number of hydrogen-bond donors (Lipinski definition) is 2. The zero-order valence-electron chi connectivity index (χ0n) is 13.3. The van der Waals surface area contributed by atoms with Crippen molar-refractivity contribution in [1.29, 1.82) is 0 Å². The van der Waals surface area contributed by atoms with Crippen molar-refractivity contribution in [2.24, 2.45) is 29.6 Å². The molecule has 2 rings (SSSR count). The second kappa shape index (κ2) is 5.62. The predicted molar refractivity (Wildman–Crippen MR) is 79.0 cm³/mol. The molecule has 0 aromatic heterocycles. The minimum absolute atomic E-state index is 0.0314. The van der Waals surface area contributed by atoms with Crippen LogP contribution in [-0.4, -0.2) is 23.8 Å². The van der Waals surface area contributed by atoms with Gasteiger partial charge in [-0.15, -0.1) is 0 Å². The van der Waals surface area contributed by atoms with Gasteiger partial charge in [0.25, 0.3) is 0 Å². The molecule has 1 aliphatic heterocycles. The minimum atomic E-state index is -0.490. The molecule has 5 heteroatoms. The van der Waals surface area contributed by atoms with Crippen LogP contribution in [-0.2, 0) is 14.4 Å². The first-order chi connectivity index (χ1) is 9.73. The molecule has 3 amide bonds. The van der Waals surface area contributed by atoms with E-state index in [4.69, 9.17) is 0 Å². The predicted octanol–water partition coefficient (Wildman–Crippen LogP) is 1.25. The first kappa shape index (κ1) is 15.7. The van der Waals surface area contributed by atoms with Gasteiger partial charge in [-0.2, -0.15) is 0 Å². The van der Waals surface area contributed by atoms with Crippen LogP contribution in [0.2, 0.25) is 0 Å². The van der Waals surface area contributed by atoms with E-state index >= 15 is 0 Å². The topological polar surface area (TPSA) is 75.3 Å². The van der Waals surface area contributed by atoms with Gasteiger partial charge in [0.1, 0.15) is 0 Å². The number of imide groups is 1. The van der Waals surface area contributed by atoms with Gasteiger partial charge in [0.2, 0.25) is 17.7 Å². The number of amides is 3. The summed E-state index contributed by atoms with van der Waals surface area (Å²) < 4.78 is 0. The molecule has 1 fully saturated rings. The normalized spacial score (nSPS) is 32.0. The molecular weight excluding hydrogens is 268 g/mol. The SMILES string of the molecule is CC(=O)NC1C(C(C)C)=CC(C(C)C)C2C(=O)NC(=O)C12. The van der Waals surface area contributed by atoms with Crippen LogP contribution in [0, 0.1) is 29.6 Å². The van der Waals surface area contributed by atoms with Crippen LogP contribution in [0.5, 0.6) is 0 Å². The van der Waals surface area contributed by atoms with E-state index in [1.165, 1.54) is 6.92 Å². The van der Waals surface area contributed by atoms with E-state index in [0.717, 1.165) is 5.57 Å². The lowest BCUT2D eigenvalue weighted by Gasteiger charge is -2.39. The Morgan fingerprint density at radius 3 is 2.19 bits per heavy atom. The summed E-state index contributed by atoms with van der Waals surface area (Å²) in [6, 6.07) is -0.381. The summed E-state index contributed by atoms with van der Waals surface area (Å²) in [6.45, 7) is 9.66. The molecule has 1 saturated heterocycles. The molecule has 0 aromatic rings. The number of carbonyl (C=O) groups excluding carboxylic acids is 3. The van der Waals surface area contributed by atoms with E-state index in [0.29, 0.717) is 0 Å². The summed E-state index contributed by atoms with van der Waals surface area (Å²) in [5.74, 6) is -1.01. The van der Waals surface area contributed by atoms with E-state index in [9.17, 15) is 14.4 Å². The fourth-order valence-corrected chi connectivity index (χ4v) is 3.57. The van der Waals surface area contributed by atoms with Crippen LogP contribution < -0.4 is 10.6 Å². The number of rotatable bonds is 3. The third-order valence-electron chi connectivity index (χ3n) is 4.55. The van der Waals surface area contributed by atoms with Gasteiger partial charge in [-0.05, 0) is 23.3 Å². The third kappa shape index (κ3) is 2.74. The number of allylic oxidation sites excluding steroid dienone is 1. The Bertz CT molecular complexity index is 508. The minimum Gasteiger partial charge on any atom is -0.349 e. The van der Waals surface area contributed by atoms with Gasteiger partial charge in [-0.3, -0.25) is 19.7 Å². The first-order valence-electron chi connectivity index (χ1n) is 7.57. The van der Waals surface area contributed by atoms with Gasteiger partial charge in [-0.1, -0.05) is 33.8 Å². The van der Waals surface area contributed by atoms with Crippen molar-refractivity contribution < 1.29 is 14.4 Å². The largest absolute Gasteiger partial charge is 0.349 e. The molecule has 4 atom stereocenters. The van der Waals surface area contributed by atoms with Crippen LogP contribution in [0.4, 0.5) is 0 Å². The molecule has 2 aliphatic rings. The monoisotopic (exact) mass is 292 g/mol. The van der Waals surface area contributed by atoms with Crippen molar-refractivity contribution in [3.05, 3.63) is 11.6 Å². The molecule has 0 saturated carbocycles. The Morgan fingerprint density at radius 2 is 1.71 bits per heavy atom. The number of carbonyl (C=O) groups is 3. The maximum Gasteiger partial charge on any atom is 0.232 e. The Labute approximate surface area is 125 Å². The molecule has 21 heavy (non-hydrogen) atoms. The molecule has 0 bridgehead atoms. The highest BCUT2D eigenvalue weighted by molar-refractivity contribution is 6.06. The van der Waals surface area contributed by atoms with Gasteiger partial charge in [0, 0.05) is 6.92 Å². The van der Waals surface area contributed by atoms with E-state index in [1.807, 2.05) is 13.8 Å². The second-order valence-electron chi connectivity index (χ2n) is 6.73. The smallest absolute Gasteiger partial charge is 0.232 e. The van der Waals surface area contributed by atoms with E-state index in [2.05, 4.69) is 30.6 Å². The molecule has 0 spiro atoms. The molecule has 1 heterocycles. The fraction of sp³-hybridized carbons (Fsp3) is 0.688. The molecule has 2 N–H and O–H groups in total. The third-order valence-corrected chi connectivity index (χ3v) is 4.55. The summed E-state index contributed by atoms with van der Waals surface area (Å²) in [4.78, 5) is 35.9. The van der Waals surface area contributed by atoms with Crippen molar-refractivity contribution in [3.8, 4) is 0 Å². The Hall–Kier alpha value is -1.65. The molecule has 0 aromatic carbocycles. The fourth-order valence-electron chi connectivity index (χ4n) is 3.57. The maximum atomic E-state index is 12.2. The summed E-state index contributed by atoms with van der Waals surface area (Å²) in [6.07, 6.45) is 2.11. The molecule has 5 nitrogen and oxygen atoms in total. The average Bonchev–Trinajstić information content (AvgIpc) is 2.64. The Balaban J connectivity index is 2.51. The van der Waals surface area contributed by atoms with Crippen molar-refractivity contribution in [2.75, 3.05) is 0 Å². The lowest BCUT2D eigenvalue weighted by molar-refractivity contribution is -0.126. The maximum absolute atomic E-state index is 12.2. The van der Waals surface area contributed by atoms with Gasteiger partial charge in [0.15, 0.2) is 0 Å². The van der Waals surface area contributed by atoms with E-state index in [-0.39, 0.29) is 47.4 Å². The second-order valence-corrected chi connectivity index (χ2v) is 6.73.